The number of aliphatic hydroxyl groups excluding tert-OH is 1. The quantitative estimate of drug-likeness (QED) is 0.0320. The van der Waals surface area contributed by atoms with Crippen molar-refractivity contribution in [1.29, 1.82) is 0 Å². The van der Waals surface area contributed by atoms with Crippen molar-refractivity contribution in [1.82, 2.24) is 36.8 Å². The molecule has 19 heteroatoms. The first kappa shape index (κ1) is 49.5. The van der Waals surface area contributed by atoms with Crippen LogP contribution < -0.4 is 49.1 Å². The first-order chi connectivity index (χ1) is 29.8. The fourth-order valence-corrected chi connectivity index (χ4v) is 6.20. The van der Waals surface area contributed by atoms with Gasteiger partial charge in [-0.3, -0.25) is 38.6 Å². The Morgan fingerprint density at radius 2 is 0.984 bits per heavy atom. The molecule has 0 heterocycles. The molecule has 0 aliphatic carbocycles. The van der Waals surface area contributed by atoms with Crippen LogP contribution in [0.1, 0.15) is 37.0 Å². The second-order valence-corrected chi connectivity index (χ2v) is 14.2. The average Bonchev–Trinajstić information content (AvgIpc) is 3.27. The van der Waals surface area contributed by atoms with E-state index in [0.29, 0.717) is 24.2 Å². The van der Waals surface area contributed by atoms with Crippen LogP contribution in [0.3, 0.4) is 0 Å². The van der Waals surface area contributed by atoms with E-state index in [2.05, 4.69) is 36.9 Å². The third-order valence-electron chi connectivity index (χ3n) is 9.65. The standard InChI is InChI=1S/C43H59N11O8/c1-3-54(4-2)43(46)47-21-20-31(39(59)51-32(38(45)58)22-28-14-8-5-9-15-28)50-41(61)34(24-30-18-12-7-13-19-30)52-42(62)35(27-55)53-40(60)33(23-29-16-10-6-11-17-29)49-37(57)26-48-36(56)25-44/h5-19,31-35,55H,3-4,20-27,44H2,1-2H3,(H2,45,58)(H2,46,47)(H,48,56)(H,49,57)(H,50,61)(H,51,59)(H,52,62)(H,53,60)/t31-,32-,33-,34-,35-/m0/s1. The minimum absolute atomic E-state index is 0.00493. The molecule has 0 fully saturated rings. The molecular formula is C43H59N11O8. The molecular weight excluding hydrogens is 799 g/mol. The zero-order valence-electron chi connectivity index (χ0n) is 35.0. The lowest BCUT2D eigenvalue weighted by Gasteiger charge is -2.27. The summed E-state index contributed by atoms with van der Waals surface area (Å²) in [6.07, 6.45) is -0.0808. The number of amides is 7. The lowest BCUT2D eigenvalue weighted by Crippen LogP contribution is -2.60. The third kappa shape index (κ3) is 17.0. The SMILES string of the molecule is CCN(CC)C(N)=NCC[C@H](NC(=O)[C@H](Cc1ccccc1)NC(=O)[C@H](CO)NC(=O)[C@H](Cc1ccccc1)NC(=O)CNC(=O)CN)C(=O)N[C@@H](Cc1ccccc1)C(N)=O. The fourth-order valence-electron chi connectivity index (χ4n) is 6.20. The van der Waals surface area contributed by atoms with Crippen LogP contribution in [0.5, 0.6) is 0 Å². The number of rotatable bonds is 25. The Hall–Kier alpha value is -6.86. The summed E-state index contributed by atoms with van der Waals surface area (Å²) < 4.78 is 0. The van der Waals surface area contributed by atoms with Gasteiger partial charge in [0.05, 0.1) is 19.7 Å². The molecule has 13 N–H and O–H groups in total. The van der Waals surface area contributed by atoms with Crippen molar-refractivity contribution < 1.29 is 38.7 Å². The summed E-state index contributed by atoms with van der Waals surface area (Å²) in [4.78, 5) is 98.7. The molecule has 19 nitrogen and oxygen atoms in total. The summed E-state index contributed by atoms with van der Waals surface area (Å²) in [6, 6.07) is 19.6. The van der Waals surface area contributed by atoms with E-state index in [1.807, 2.05) is 13.8 Å². The molecule has 0 bridgehead atoms. The van der Waals surface area contributed by atoms with Gasteiger partial charge in [-0.2, -0.15) is 0 Å². The lowest BCUT2D eigenvalue weighted by atomic mass is 10.0. The molecule has 0 unspecified atom stereocenters. The molecule has 3 aromatic rings. The highest BCUT2D eigenvalue weighted by molar-refractivity contribution is 5.97. The maximum absolute atomic E-state index is 14.2. The maximum atomic E-state index is 14.2. The van der Waals surface area contributed by atoms with Gasteiger partial charge in [-0.25, -0.2) is 0 Å². The Kier molecular flexibility index (Phi) is 21.1. The monoisotopic (exact) mass is 857 g/mol. The van der Waals surface area contributed by atoms with E-state index < -0.39 is 84.7 Å². The average molecular weight is 858 g/mol. The van der Waals surface area contributed by atoms with Gasteiger partial charge < -0.3 is 59.1 Å². The molecule has 7 amide bonds. The Bertz CT molecular complexity index is 1950. The molecule has 3 rings (SSSR count). The first-order valence-electron chi connectivity index (χ1n) is 20.3. The van der Waals surface area contributed by atoms with E-state index in [9.17, 15) is 38.7 Å². The van der Waals surface area contributed by atoms with Crippen molar-refractivity contribution >= 4 is 47.3 Å². The van der Waals surface area contributed by atoms with E-state index in [4.69, 9.17) is 17.2 Å². The van der Waals surface area contributed by atoms with Gasteiger partial charge in [0.1, 0.15) is 30.2 Å². The van der Waals surface area contributed by atoms with E-state index in [-0.39, 0.29) is 44.7 Å². The number of carbonyl (C=O) groups is 7. The van der Waals surface area contributed by atoms with Crippen molar-refractivity contribution in [3.05, 3.63) is 108 Å². The highest BCUT2D eigenvalue weighted by Crippen LogP contribution is 2.09. The fraction of sp³-hybridized carbons (Fsp3) is 0.395. The number of nitrogens with two attached hydrogens (primary N) is 3. The number of hydrogen-bond acceptors (Lipinski definition) is 10. The molecule has 62 heavy (non-hydrogen) atoms. The van der Waals surface area contributed by atoms with E-state index in [1.165, 1.54) is 0 Å². The lowest BCUT2D eigenvalue weighted by molar-refractivity contribution is -0.135. The number of guanidine groups is 1. The number of nitrogens with one attached hydrogen (secondary N) is 6. The smallest absolute Gasteiger partial charge is 0.245 e. The van der Waals surface area contributed by atoms with Gasteiger partial charge >= 0.3 is 0 Å². The molecule has 0 saturated carbocycles. The van der Waals surface area contributed by atoms with Crippen LogP contribution in [-0.2, 0) is 52.8 Å². The number of hydrogen-bond donors (Lipinski definition) is 10. The van der Waals surface area contributed by atoms with Gasteiger partial charge in [0, 0.05) is 38.9 Å². The maximum Gasteiger partial charge on any atom is 0.245 e. The molecule has 0 saturated heterocycles. The van der Waals surface area contributed by atoms with Gasteiger partial charge in [-0.05, 0) is 37.0 Å². The van der Waals surface area contributed by atoms with Crippen LogP contribution in [0.15, 0.2) is 96.0 Å². The number of aliphatic hydroxyl groups is 1. The zero-order valence-corrected chi connectivity index (χ0v) is 35.0. The molecule has 5 atom stereocenters. The van der Waals surface area contributed by atoms with Crippen LogP contribution in [-0.4, -0.2) is 127 Å². The Morgan fingerprint density at radius 3 is 1.44 bits per heavy atom. The van der Waals surface area contributed by atoms with Gasteiger partial charge in [0.25, 0.3) is 0 Å². The second kappa shape index (κ2) is 26.4. The normalized spacial score (nSPS) is 13.5. The summed E-state index contributed by atoms with van der Waals surface area (Å²) in [6.45, 7) is 3.25. The Labute approximate surface area is 361 Å². The highest BCUT2D eigenvalue weighted by atomic mass is 16.3. The number of carbonyl (C=O) groups excluding carboxylic acids is 7. The summed E-state index contributed by atoms with van der Waals surface area (Å²) in [7, 11) is 0. The largest absolute Gasteiger partial charge is 0.394 e. The van der Waals surface area contributed by atoms with Gasteiger partial charge in [-0.15, -0.1) is 0 Å². The molecule has 0 aromatic heterocycles. The number of primary amides is 1. The van der Waals surface area contributed by atoms with Crippen molar-refractivity contribution in [3.8, 4) is 0 Å². The highest BCUT2D eigenvalue weighted by Gasteiger charge is 2.32. The van der Waals surface area contributed by atoms with Gasteiger partial charge in [0.2, 0.25) is 41.4 Å². The van der Waals surface area contributed by atoms with Gasteiger partial charge in [-0.1, -0.05) is 91.0 Å². The number of nitrogens with zero attached hydrogens (tertiary/aromatic N) is 2. The van der Waals surface area contributed by atoms with E-state index in [1.54, 1.807) is 95.9 Å². The van der Waals surface area contributed by atoms with Gasteiger partial charge in [0.15, 0.2) is 5.96 Å². The molecule has 3 aromatic carbocycles. The van der Waals surface area contributed by atoms with Crippen LogP contribution in [0.25, 0.3) is 0 Å². The van der Waals surface area contributed by atoms with Crippen LogP contribution in [0.2, 0.25) is 0 Å². The summed E-state index contributed by atoms with van der Waals surface area (Å²) in [5, 5.41) is 25.6. The number of benzene rings is 3. The van der Waals surface area contributed by atoms with Crippen LogP contribution >= 0.6 is 0 Å². The first-order valence-corrected chi connectivity index (χ1v) is 20.3. The predicted octanol–water partition coefficient (Wildman–Crippen LogP) is -2.26. The summed E-state index contributed by atoms with van der Waals surface area (Å²) in [5.74, 6) is -5.21. The van der Waals surface area contributed by atoms with Crippen molar-refractivity contribution in [2.45, 2.75) is 69.7 Å². The Balaban J connectivity index is 1.88. The van der Waals surface area contributed by atoms with Crippen molar-refractivity contribution in [2.75, 3.05) is 39.3 Å². The van der Waals surface area contributed by atoms with Crippen LogP contribution in [0, 0.1) is 0 Å². The van der Waals surface area contributed by atoms with Crippen molar-refractivity contribution in [3.63, 3.8) is 0 Å². The molecule has 334 valence electrons. The predicted molar refractivity (Wildman–Crippen MR) is 232 cm³/mol. The van der Waals surface area contributed by atoms with Crippen molar-refractivity contribution in [2.24, 2.45) is 22.2 Å². The third-order valence-corrected chi connectivity index (χ3v) is 9.65. The molecule has 0 aliphatic heterocycles. The Morgan fingerprint density at radius 1 is 0.581 bits per heavy atom. The van der Waals surface area contributed by atoms with Crippen LogP contribution in [0.4, 0.5) is 0 Å². The minimum atomic E-state index is -1.61. The molecule has 0 radical (unpaired) electrons. The summed E-state index contributed by atoms with van der Waals surface area (Å²) in [5.41, 5.74) is 19.2. The molecule has 0 aliphatic rings. The second-order valence-electron chi connectivity index (χ2n) is 14.2. The summed E-state index contributed by atoms with van der Waals surface area (Å²) >= 11 is 0. The minimum Gasteiger partial charge on any atom is -0.394 e. The zero-order chi connectivity index (χ0) is 45.4. The van der Waals surface area contributed by atoms with E-state index in [0.717, 1.165) is 5.56 Å². The molecule has 0 spiro atoms. The topological polar surface area (TPSA) is 306 Å². The van der Waals surface area contributed by atoms with E-state index >= 15 is 0 Å². The number of aliphatic imine (C=N–C) groups is 1.